The second kappa shape index (κ2) is 6.45. The Hall–Kier alpha value is -0.290. The van der Waals surface area contributed by atoms with Gasteiger partial charge in [0.2, 0.25) is 0 Å². The molecule has 0 amide bonds. The van der Waals surface area contributed by atoms with Crippen LogP contribution < -0.4 is 5.32 Å². The smallest absolute Gasteiger partial charge is 0.314 e. The summed E-state index contributed by atoms with van der Waals surface area (Å²) in [6, 6.07) is 0.263. The molecule has 1 rings (SSSR count). The molecule has 96 valence electrons. The topological polar surface area (TPSA) is 15.3 Å². The average Bonchev–Trinajstić information content (AvgIpc) is 2.41. The van der Waals surface area contributed by atoms with Crippen molar-refractivity contribution < 1.29 is 13.2 Å². The maximum Gasteiger partial charge on any atom is 0.390 e. The molecule has 5 heteroatoms. The van der Waals surface area contributed by atoms with Crippen molar-refractivity contribution in [2.24, 2.45) is 0 Å². The number of nitrogens with one attached hydrogen (secondary N) is 1. The van der Waals surface area contributed by atoms with E-state index in [2.05, 4.69) is 17.1 Å². The lowest BCUT2D eigenvalue weighted by Gasteiger charge is -2.18. The minimum absolute atomic E-state index is 0.0558. The molecule has 0 radical (unpaired) electrons. The van der Waals surface area contributed by atoms with Crippen molar-refractivity contribution in [3.8, 4) is 0 Å². The predicted molar refractivity (Wildman–Crippen MR) is 58.4 cm³/mol. The van der Waals surface area contributed by atoms with Crippen LogP contribution in [0, 0.1) is 0 Å². The predicted octanol–water partition coefficient (Wildman–Crippen LogP) is 2.40. The van der Waals surface area contributed by atoms with Crippen molar-refractivity contribution in [1.29, 1.82) is 0 Å². The summed E-state index contributed by atoms with van der Waals surface area (Å²) in [7, 11) is 0. The van der Waals surface area contributed by atoms with Crippen LogP contribution in [0.4, 0.5) is 13.2 Å². The number of rotatable bonds is 4. The molecule has 1 saturated heterocycles. The first-order valence-corrected chi connectivity index (χ1v) is 6.04. The fourth-order valence-electron chi connectivity index (χ4n) is 2.09. The van der Waals surface area contributed by atoms with Gasteiger partial charge in [-0.05, 0) is 38.9 Å². The van der Waals surface area contributed by atoms with Gasteiger partial charge < -0.3 is 10.2 Å². The number of hydrogen-bond acceptors (Lipinski definition) is 2. The van der Waals surface area contributed by atoms with Gasteiger partial charge in [-0.2, -0.15) is 13.2 Å². The molecular weight excluding hydrogens is 217 g/mol. The van der Waals surface area contributed by atoms with E-state index in [0.717, 1.165) is 38.9 Å². The van der Waals surface area contributed by atoms with Crippen LogP contribution in [-0.4, -0.2) is 43.3 Å². The van der Waals surface area contributed by atoms with Crippen molar-refractivity contribution in [2.75, 3.05) is 26.2 Å². The van der Waals surface area contributed by atoms with Gasteiger partial charge in [0.1, 0.15) is 0 Å². The van der Waals surface area contributed by atoms with E-state index in [1.165, 1.54) is 0 Å². The minimum Gasteiger partial charge on any atom is -0.314 e. The summed E-state index contributed by atoms with van der Waals surface area (Å²) in [5, 5.41) is 3.02. The van der Waals surface area contributed by atoms with Crippen LogP contribution in [0.3, 0.4) is 0 Å². The van der Waals surface area contributed by atoms with Crippen LogP contribution in [0.1, 0.15) is 32.6 Å². The lowest BCUT2D eigenvalue weighted by Crippen LogP contribution is -2.33. The number of alkyl halides is 3. The highest BCUT2D eigenvalue weighted by Gasteiger charge is 2.26. The van der Waals surface area contributed by atoms with E-state index in [1.54, 1.807) is 0 Å². The molecule has 2 nitrogen and oxygen atoms in total. The Kier molecular flexibility index (Phi) is 5.55. The fourth-order valence-corrected chi connectivity index (χ4v) is 2.09. The Labute approximate surface area is 95.2 Å². The third kappa shape index (κ3) is 5.70. The number of nitrogens with zero attached hydrogens (tertiary/aromatic N) is 1. The second-order valence-electron chi connectivity index (χ2n) is 4.38. The SMILES string of the molecule is CCN1CCCC(NCCC(F)(F)F)CC1. The largest absolute Gasteiger partial charge is 0.390 e. The Bertz CT molecular complexity index is 194. The van der Waals surface area contributed by atoms with E-state index in [0.29, 0.717) is 0 Å². The quantitative estimate of drug-likeness (QED) is 0.809. The highest BCUT2D eigenvalue weighted by atomic mass is 19.4. The standard InChI is InChI=1S/C11H21F3N2/c1-2-16-8-3-4-10(5-9-16)15-7-6-11(12,13)14/h10,15H,2-9H2,1H3. The van der Waals surface area contributed by atoms with Crippen LogP contribution in [0.5, 0.6) is 0 Å². The van der Waals surface area contributed by atoms with Crippen LogP contribution in [0.15, 0.2) is 0 Å². The summed E-state index contributed by atoms with van der Waals surface area (Å²) in [5.41, 5.74) is 0. The van der Waals surface area contributed by atoms with E-state index in [4.69, 9.17) is 0 Å². The van der Waals surface area contributed by atoms with E-state index >= 15 is 0 Å². The van der Waals surface area contributed by atoms with Crippen molar-refractivity contribution in [3.05, 3.63) is 0 Å². The maximum atomic E-state index is 12.0. The first-order valence-electron chi connectivity index (χ1n) is 6.04. The first kappa shape index (κ1) is 13.8. The summed E-state index contributed by atoms with van der Waals surface area (Å²) in [4.78, 5) is 2.35. The molecule has 0 saturated carbocycles. The molecule has 1 aliphatic heterocycles. The maximum absolute atomic E-state index is 12.0. The summed E-state index contributed by atoms with van der Waals surface area (Å²) in [5.74, 6) is 0. The Morgan fingerprint density at radius 2 is 2.00 bits per heavy atom. The normalized spacial score (nSPS) is 24.4. The van der Waals surface area contributed by atoms with Gasteiger partial charge in [-0.3, -0.25) is 0 Å². The molecule has 1 heterocycles. The molecule has 1 aliphatic rings. The third-order valence-corrected chi connectivity index (χ3v) is 3.11. The summed E-state index contributed by atoms with van der Waals surface area (Å²) >= 11 is 0. The lowest BCUT2D eigenvalue weighted by molar-refractivity contribution is -0.133. The van der Waals surface area contributed by atoms with Gasteiger partial charge in [-0.25, -0.2) is 0 Å². The molecule has 0 aromatic heterocycles. The molecule has 1 fully saturated rings. The van der Waals surface area contributed by atoms with Crippen molar-refractivity contribution in [3.63, 3.8) is 0 Å². The molecule has 0 spiro atoms. The second-order valence-corrected chi connectivity index (χ2v) is 4.38. The molecule has 0 aromatic rings. The van der Waals surface area contributed by atoms with Crippen LogP contribution in [0.25, 0.3) is 0 Å². The van der Waals surface area contributed by atoms with E-state index in [9.17, 15) is 13.2 Å². The van der Waals surface area contributed by atoms with Crippen LogP contribution >= 0.6 is 0 Å². The van der Waals surface area contributed by atoms with E-state index < -0.39 is 12.6 Å². The molecule has 0 bridgehead atoms. The monoisotopic (exact) mass is 238 g/mol. The van der Waals surface area contributed by atoms with Crippen molar-refractivity contribution in [2.45, 2.75) is 44.8 Å². The summed E-state index contributed by atoms with van der Waals surface area (Å²) in [6.07, 6.45) is -1.72. The van der Waals surface area contributed by atoms with E-state index in [-0.39, 0.29) is 12.6 Å². The Morgan fingerprint density at radius 1 is 1.25 bits per heavy atom. The summed E-state index contributed by atoms with van der Waals surface area (Å²) in [6.45, 7) is 5.29. The van der Waals surface area contributed by atoms with Crippen LogP contribution in [-0.2, 0) is 0 Å². The molecule has 1 unspecified atom stereocenters. The van der Waals surface area contributed by atoms with Gasteiger partial charge in [0.15, 0.2) is 0 Å². The van der Waals surface area contributed by atoms with Gasteiger partial charge in [0.05, 0.1) is 6.42 Å². The molecular formula is C11H21F3N2. The van der Waals surface area contributed by atoms with Gasteiger partial charge in [-0.1, -0.05) is 6.92 Å². The van der Waals surface area contributed by atoms with Gasteiger partial charge in [0, 0.05) is 12.6 Å². The van der Waals surface area contributed by atoms with E-state index in [1.807, 2.05) is 0 Å². The van der Waals surface area contributed by atoms with Crippen molar-refractivity contribution >= 4 is 0 Å². The molecule has 0 aromatic carbocycles. The molecule has 0 aliphatic carbocycles. The van der Waals surface area contributed by atoms with Gasteiger partial charge >= 0.3 is 6.18 Å². The summed E-state index contributed by atoms with van der Waals surface area (Å²) < 4.78 is 35.9. The van der Waals surface area contributed by atoms with Crippen LogP contribution in [0.2, 0.25) is 0 Å². The molecule has 16 heavy (non-hydrogen) atoms. The highest BCUT2D eigenvalue weighted by molar-refractivity contribution is 4.74. The first-order chi connectivity index (χ1) is 7.51. The van der Waals surface area contributed by atoms with Gasteiger partial charge in [0.25, 0.3) is 0 Å². The average molecular weight is 238 g/mol. The molecule has 1 N–H and O–H groups in total. The zero-order valence-corrected chi connectivity index (χ0v) is 9.82. The third-order valence-electron chi connectivity index (χ3n) is 3.11. The zero-order valence-electron chi connectivity index (χ0n) is 9.82. The van der Waals surface area contributed by atoms with Gasteiger partial charge in [-0.15, -0.1) is 0 Å². The number of halogens is 3. The zero-order chi connectivity index (χ0) is 12.0. The number of likely N-dealkylation sites (tertiary alicyclic amines) is 1. The number of hydrogen-bond donors (Lipinski definition) is 1. The Morgan fingerprint density at radius 3 is 2.62 bits per heavy atom. The minimum atomic E-state index is -4.03. The van der Waals surface area contributed by atoms with Crippen molar-refractivity contribution in [1.82, 2.24) is 10.2 Å². The Balaban J connectivity index is 2.18. The lowest BCUT2D eigenvalue weighted by atomic mass is 10.1. The molecule has 1 atom stereocenters. The highest BCUT2D eigenvalue weighted by Crippen LogP contribution is 2.19. The fraction of sp³-hybridized carbons (Fsp3) is 1.00.